The van der Waals surface area contributed by atoms with Gasteiger partial charge in [-0.3, -0.25) is 4.79 Å². The monoisotopic (exact) mass is 358 g/mol. The number of phenols is 1. The number of benzene rings is 1. The molecule has 0 bridgehead atoms. The van der Waals surface area contributed by atoms with Gasteiger partial charge in [-0.2, -0.15) is 0 Å². The van der Waals surface area contributed by atoms with Gasteiger partial charge in [0.2, 0.25) is 0 Å². The summed E-state index contributed by atoms with van der Waals surface area (Å²) in [5.41, 5.74) is 2.40. The molecule has 26 heavy (non-hydrogen) atoms. The quantitative estimate of drug-likeness (QED) is 0.807. The maximum absolute atomic E-state index is 12.7. The number of hydrogen-bond acceptors (Lipinski definition) is 4. The summed E-state index contributed by atoms with van der Waals surface area (Å²) in [6.45, 7) is 4.65. The number of aliphatic hydroxyl groups excluding tert-OH is 1. The van der Waals surface area contributed by atoms with Crippen molar-refractivity contribution in [3.63, 3.8) is 0 Å². The van der Waals surface area contributed by atoms with Crippen LogP contribution in [0.15, 0.2) is 18.2 Å². The molecule has 4 heteroatoms. The van der Waals surface area contributed by atoms with E-state index in [9.17, 15) is 15.0 Å². The molecule has 0 heterocycles. The Balaban J connectivity index is 1.67. The van der Waals surface area contributed by atoms with Gasteiger partial charge in [0, 0.05) is 0 Å². The number of rotatable bonds is 3. The molecule has 0 radical (unpaired) electrons. The highest BCUT2D eigenvalue weighted by Crippen LogP contribution is 2.63. The summed E-state index contributed by atoms with van der Waals surface area (Å²) < 4.78 is 5.50. The Hall–Kier alpha value is -1.55. The number of aromatic hydroxyl groups is 1. The molecule has 2 N–H and O–H groups in total. The number of hydrogen-bond donors (Lipinski definition) is 2. The van der Waals surface area contributed by atoms with Crippen LogP contribution in [0, 0.1) is 23.2 Å². The van der Waals surface area contributed by atoms with E-state index in [4.69, 9.17) is 4.74 Å². The second-order valence-corrected chi connectivity index (χ2v) is 8.79. The average molecular weight is 358 g/mol. The third-order valence-electron chi connectivity index (χ3n) is 7.43. The summed E-state index contributed by atoms with van der Waals surface area (Å²) in [5.74, 6) is 1.04. The highest BCUT2D eigenvalue weighted by molar-refractivity contribution is 5.74. The second-order valence-electron chi connectivity index (χ2n) is 8.79. The number of fused-ring (bicyclic) bond motifs is 5. The van der Waals surface area contributed by atoms with Crippen LogP contribution in [0.2, 0.25) is 0 Å². The van der Waals surface area contributed by atoms with E-state index in [0.29, 0.717) is 30.6 Å². The van der Waals surface area contributed by atoms with E-state index in [1.54, 1.807) is 6.07 Å². The van der Waals surface area contributed by atoms with E-state index >= 15 is 0 Å². The fraction of sp³-hybridized carbons (Fsp3) is 0.682. The predicted molar refractivity (Wildman–Crippen MR) is 98.9 cm³/mol. The smallest absolute Gasteiger partial charge is 0.309 e. The van der Waals surface area contributed by atoms with E-state index in [2.05, 4.69) is 13.0 Å². The van der Waals surface area contributed by atoms with Gasteiger partial charge in [-0.25, -0.2) is 0 Å². The standard InChI is InChI=1S/C22H30O4/c1-3-10-26-21(25)18-12-19(24)22(2)9-8-16-15-7-5-14(23)11-13(15)4-6-17(16)20(18)22/h5,7,11,16-20,23-24H,3-4,6,8-10,12H2,1-2H3/t16?,17?,18-,19-,20?,22+/m0/s1. The highest BCUT2D eigenvalue weighted by atomic mass is 16.5. The molecule has 6 atom stereocenters. The van der Waals surface area contributed by atoms with Crippen molar-refractivity contribution in [3.8, 4) is 5.75 Å². The number of aryl methyl sites for hydroxylation is 1. The van der Waals surface area contributed by atoms with Gasteiger partial charge in [0.05, 0.1) is 18.6 Å². The number of phenolic OH excluding ortho intramolecular Hbond substituents is 1. The molecule has 2 fully saturated rings. The van der Waals surface area contributed by atoms with Crippen LogP contribution in [0.3, 0.4) is 0 Å². The number of esters is 1. The lowest BCUT2D eigenvalue weighted by atomic mass is 9.54. The molecule has 1 aromatic carbocycles. The molecule has 4 rings (SSSR count). The minimum absolute atomic E-state index is 0.114. The largest absolute Gasteiger partial charge is 0.508 e. The molecule has 0 spiro atoms. The number of ether oxygens (including phenoxy) is 1. The minimum Gasteiger partial charge on any atom is -0.508 e. The van der Waals surface area contributed by atoms with Crippen molar-refractivity contribution in [2.45, 2.75) is 64.4 Å². The molecule has 1 aromatic rings. The van der Waals surface area contributed by atoms with Crippen molar-refractivity contribution < 1.29 is 19.7 Å². The first-order chi connectivity index (χ1) is 12.5. The Morgan fingerprint density at radius 3 is 2.92 bits per heavy atom. The molecular formula is C22H30O4. The van der Waals surface area contributed by atoms with Crippen molar-refractivity contribution in [3.05, 3.63) is 29.3 Å². The van der Waals surface area contributed by atoms with Gasteiger partial charge in [0.1, 0.15) is 5.75 Å². The zero-order valence-electron chi connectivity index (χ0n) is 15.8. The molecule has 2 saturated carbocycles. The first-order valence-electron chi connectivity index (χ1n) is 10.1. The topological polar surface area (TPSA) is 66.8 Å². The Kier molecular flexibility index (Phi) is 4.50. The third-order valence-corrected chi connectivity index (χ3v) is 7.43. The van der Waals surface area contributed by atoms with Crippen molar-refractivity contribution in [2.75, 3.05) is 6.61 Å². The van der Waals surface area contributed by atoms with Gasteiger partial charge in [0.15, 0.2) is 0 Å². The molecule has 0 amide bonds. The van der Waals surface area contributed by atoms with Gasteiger partial charge in [-0.1, -0.05) is 19.9 Å². The van der Waals surface area contributed by atoms with Crippen LogP contribution in [0.4, 0.5) is 0 Å². The van der Waals surface area contributed by atoms with Crippen LogP contribution >= 0.6 is 0 Å². The SMILES string of the molecule is CCCOC(=O)[C@H]1C[C@H](O)[C@@]2(C)CCC3c4ccc(O)cc4CCC3C12. The van der Waals surface area contributed by atoms with Gasteiger partial charge < -0.3 is 14.9 Å². The molecule has 142 valence electrons. The third kappa shape index (κ3) is 2.65. The lowest BCUT2D eigenvalue weighted by Crippen LogP contribution is -2.46. The van der Waals surface area contributed by atoms with Crippen molar-refractivity contribution >= 4 is 5.97 Å². The minimum atomic E-state index is -0.422. The van der Waals surface area contributed by atoms with E-state index < -0.39 is 6.10 Å². The maximum Gasteiger partial charge on any atom is 0.309 e. The second kappa shape index (κ2) is 6.56. The van der Waals surface area contributed by atoms with Crippen LogP contribution in [-0.2, 0) is 16.0 Å². The van der Waals surface area contributed by atoms with Crippen LogP contribution in [-0.4, -0.2) is 28.9 Å². The molecule has 0 aromatic heterocycles. The predicted octanol–water partition coefficient (Wildman–Crippen LogP) is 3.79. The molecule has 0 saturated heterocycles. The van der Waals surface area contributed by atoms with Crippen molar-refractivity contribution in [1.82, 2.24) is 0 Å². The van der Waals surface area contributed by atoms with Crippen LogP contribution in [0.25, 0.3) is 0 Å². The molecule has 3 unspecified atom stereocenters. The van der Waals surface area contributed by atoms with Crippen LogP contribution in [0.1, 0.15) is 63.0 Å². The van der Waals surface area contributed by atoms with Gasteiger partial charge in [0.25, 0.3) is 0 Å². The maximum atomic E-state index is 12.7. The zero-order chi connectivity index (χ0) is 18.5. The molecular weight excluding hydrogens is 328 g/mol. The summed E-state index contributed by atoms with van der Waals surface area (Å²) in [7, 11) is 0. The molecule has 3 aliphatic rings. The fourth-order valence-corrected chi connectivity index (χ4v) is 6.20. The highest BCUT2D eigenvalue weighted by Gasteiger charge is 2.60. The summed E-state index contributed by atoms with van der Waals surface area (Å²) in [6, 6.07) is 5.75. The molecule has 0 aliphatic heterocycles. The summed E-state index contributed by atoms with van der Waals surface area (Å²) in [6.07, 6.45) is 4.88. The van der Waals surface area contributed by atoms with Gasteiger partial charge in [-0.15, -0.1) is 0 Å². The summed E-state index contributed by atoms with van der Waals surface area (Å²) in [4.78, 5) is 12.7. The summed E-state index contributed by atoms with van der Waals surface area (Å²) in [5, 5.41) is 20.6. The molecule has 4 nitrogen and oxygen atoms in total. The van der Waals surface area contributed by atoms with Crippen LogP contribution in [0.5, 0.6) is 5.75 Å². The van der Waals surface area contributed by atoms with Gasteiger partial charge >= 0.3 is 5.97 Å². The normalized spacial score (nSPS) is 38.2. The Morgan fingerprint density at radius 2 is 2.15 bits per heavy atom. The van der Waals surface area contributed by atoms with Crippen LogP contribution < -0.4 is 0 Å². The van der Waals surface area contributed by atoms with E-state index in [1.807, 2.05) is 13.0 Å². The lowest BCUT2D eigenvalue weighted by Gasteiger charge is -2.51. The van der Waals surface area contributed by atoms with Crippen molar-refractivity contribution in [2.24, 2.45) is 23.2 Å². The number of carbonyl (C=O) groups excluding carboxylic acids is 1. The summed E-state index contributed by atoms with van der Waals surface area (Å²) >= 11 is 0. The van der Waals surface area contributed by atoms with E-state index in [1.165, 1.54) is 11.1 Å². The van der Waals surface area contributed by atoms with E-state index in [0.717, 1.165) is 32.1 Å². The average Bonchev–Trinajstić information content (AvgIpc) is 2.90. The Morgan fingerprint density at radius 1 is 1.35 bits per heavy atom. The lowest BCUT2D eigenvalue weighted by molar-refractivity contribution is -0.152. The first kappa shape index (κ1) is 17.8. The fourth-order valence-electron chi connectivity index (χ4n) is 6.20. The Labute approximate surface area is 155 Å². The number of aliphatic hydroxyl groups is 1. The van der Waals surface area contributed by atoms with Gasteiger partial charge in [-0.05, 0) is 85.0 Å². The zero-order valence-corrected chi connectivity index (χ0v) is 15.8. The van der Waals surface area contributed by atoms with E-state index in [-0.39, 0.29) is 23.2 Å². The first-order valence-corrected chi connectivity index (χ1v) is 10.1. The van der Waals surface area contributed by atoms with Crippen molar-refractivity contribution in [1.29, 1.82) is 0 Å². The number of carbonyl (C=O) groups is 1. The molecule has 3 aliphatic carbocycles. The Bertz CT molecular complexity index is 699.